The topological polar surface area (TPSA) is 66.4 Å². The van der Waals surface area contributed by atoms with Crippen molar-refractivity contribution in [2.24, 2.45) is 17.8 Å². The largest absolute Gasteiger partial charge is 0.481 e. The van der Waals surface area contributed by atoms with Crippen LogP contribution in [0.3, 0.4) is 0 Å². The van der Waals surface area contributed by atoms with Gasteiger partial charge in [-0.05, 0) is 36.7 Å². The van der Waals surface area contributed by atoms with Crippen LogP contribution in [0, 0.1) is 17.8 Å². The fourth-order valence-corrected chi connectivity index (χ4v) is 4.28. The summed E-state index contributed by atoms with van der Waals surface area (Å²) in [4.78, 5) is 24.4. The summed E-state index contributed by atoms with van der Waals surface area (Å²) in [6, 6.07) is 9.24. The summed E-state index contributed by atoms with van der Waals surface area (Å²) >= 11 is 0. The van der Waals surface area contributed by atoms with Crippen LogP contribution in [-0.2, 0) is 15.0 Å². The zero-order valence-corrected chi connectivity index (χ0v) is 13.6. The lowest BCUT2D eigenvalue weighted by atomic mass is 9.78. The van der Waals surface area contributed by atoms with E-state index in [9.17, 15) is 14.7 Å². The maximum atomic E-state index is 12.5. The van der Waals surface area contributed by atoms with Crippen molar-refractivity contribution in [2.45, 2.75) is 44.4 Å². The van der Waals surface area contributed by atoms with E-state index >= 15 is 0 Å². The number of benzene rings is 1. The van der Waals surface area contributed by atoms with Gasteiger partial charge in [0.15, 0.2) is 0 Å². The van der Waals surface area contributed by atoms with Crippen molar-refractivity contribution < 1.29 is 14.7 Å². The van der Waals surface area contributed by atoms with Gasteiger partial charge in [0.25, 0.3) is 0 Å². The van der Waals surface area contributed by atoms with Gasteiger partial charge < -0.3 is 10.4 Å². The van der Waals surface area contributed by atoms with Crippen molar-refractivity contribution in [1.82, 2.24) is 5.32 Å². The van der Waals surface area contributed by atoms with Gasteiger partial charge in [0.2, 0.25) is 5.91 Å². The molecule has 2 aliphatic carbocycles. The molecule has 2 fully saturated rings. The normalized spacial score (nSPS) is 28.3. The van der Waals surface area contributed by atoms with E-state index < -0.39 is 11.4 Å². The van der Waals surface area contributed by atoms with E-state index in [1.54, 1.807) is 0 Å². The van der Waals surface area contributed by atoms with Crippen LogP contribution in [0.2, 0.25) is 0 Å². The molecule has 23 heavy (non-hydrogen) atoms. The summed E-state index contributed by atoms with van der Waals surface area (Å²) in [7, 11) is 0. The number of carbonyl (C=O) groups is 2. The minimum atomic E-state index is -1.04. The number of carboxylic acids is 1. The van der Waals surface area contributed by atoms with E-state index in [0.717, 1.165) is 18.4 Å². The average molecular weight is 315 g/mol. The van der Waals surface area contributed by atoms with Crippen molar-refractivity contribution in [3.63, 3.8) is 0 Å². The molecule has 1 aromatic carbocycles. The molecule has 4 nitrogen and oxygen atoms in total. The van der Waals surface area contributed by atoms with Crippen LogP contribution in [0.15, 0.2) is 30.3 Å². The lowest BCUT2D eigenvalue weighted by Gasteiger charge is -2.29. The number of aliphatic carboxylic acids is 1. The number of fused-ring (bicyclic) bond motifs is 1. The molecule has 1 aromatic rings. The monoisotopic (exact) mass is 315 g/mol. The Hall–Kier alpha value is -1.84. The third kappa shape index (κ3) is 2.87. The SMILES string of the molecule is CCC(CNC(=O)C1C2CCCCC21)(C(=O)O)c1ccccc1. The average Bonchev–Trinajstić information content (AvgIpc) is 3.31. The Morgan fingerprint density at radius 1 is 1.17 bits per heavy atom. The molecule has 0 heterocycles. The summed E-state index contributed by atoms with van der Waals surface area (Å²) in [6.07, 6.45) is 5.20. The first kappa shape index (κ1) is 16.0. The summed E-state index contributed by atoms with van der Waals surface area (Å²) < 4.78 is 0. The third-order valence-corrected chi connectivity index (χ3v) is 5.86. The second-order valence-electron chi connectivity index (χ2n) is 6.96. The van der Waals surface area contributed by atoms with Gasteiger partial charge in [0.1, 0.15) is 5.41 Å². The summed E-state index contributed by atoms with van der Waals surface area (Å²) in [5, 5.41) is 12.8. The van der Waals surface area contributed by atoms with Gasteiger partial charge in [-0.2, -0.15) is 0 Å². The van der Waals surface area contributed by atoms with E-state index in [2.05, 4.69) is 5.32 Å². The van der Waals surface area contributed by atoms with E-state index in [4.69, 9.17) is 0 Å². The molecule has 0 saturated heterocycles. The molecule has 0 radical (unpaired) electrons. The van der Waals surface area contributed by atoms with Crippen LogP contribution in [0.25, 0.3) is 0 Å². The van der Waals surface area contributed by atoms with Crippen molar-refractivity contribution >= 4 is 11.9 Å². The predicted molar refractivity (Wildman–Crippen MR) is 88.0 cm³/mol. The molecule has 0 aromatic heterocycles. The Morgan fingerprint density at radius 2 is 1.78 bits per heavy atom. The van der Waals surface area contributed by atoms with Crippen molar-refractivity contribution in [2.75, 3.05) is 6.54 Å². The fraction of sp³-hybridized carbons (Fsp3) is 0.579. The van der Waals surface area contributed by atoms with Crippen molar-refractivity contribution in [3.8, 4) is 0 Å². The van der Waals surface area contributed by atoms with E-state index in [-0.39, 0.29) is 18.4 Å². The highest BCUT2D eigenvalue weighted by Crippen LogP contribution is 2.55. The standard InChI is InChI=1S/C19H25NO3/c1-2-19(18(22)23,13-8-4-3-5-9-13)12-20-17(21)16-14-10-6-7-11-15(14)16/h3-5,8-9,14-16H,2,6-7,10-12H2,1H3,(H,20,21)(H,22,23). The van der Waals surface area contributed by atoms with E-state index in [1.165, 1.54) is 12.8 Å². The van der Waals surface area contributed by atoms with Crippen LogP contribution in [0.1, 0.15) is 44.6 Å². The predicted octanol–water partition coefficient (Wildman–Crippen LogP) is 2.97. The van der Waals surface area contributed by atoms with Crippen LogP contribution in [0.4, 0.5) is 0 Å². The third-order valence-electron chi connectivity index (χ3n) is 5.86. The molecule has 2 saturated carbocycles. The summed E-state index contributed by atoms with van der Waals surface area (Å²) in [5.74, 6) is 0.385. The van der Waals surface area contributed by atoms with Crippen LogP contribution >= 0.6 is 0 Å². The molecular weight excluding hydrogens is 290 g/mol. The molecule has 4 heteroatoms. The summed E-state index contributed by atoms with van der Waals surface area (Å²) in [5.41, 5.74) is -0.291. The smallest absolute Gasteiger partial charge is 0.315 e. The molecule has 124 valence electrons. The van der Waals surface area contributed by atoms with Gasteiger partial charge >= 0.3 is 5.97 Å². The molecule has 2 aliphatic rings. The highest BCUT2D eigenvalue weighted by Gasteiger charge is 2.55. The zero-order valence-electron chi connectivity index (χ0n) is 13.6. The number of nitrogens with one attached hydrogen (secondary N) is 1. The van der Waals surface area contributed by atoms with Crippen molar-refractivity contribution in [3.05, 3.63) is 35.9 Å². The second kappa shape index (κ2) is 6.34. The van der Waals surface area contributed by atoms with Gasteiger partial charge in [-0.3, -0.25) is 9.59 Å². The van der Waals surface area contributed by atoms with Crippen LogP contribution < -0.4 is 5.32 Å². The minimum absolute atomic E-state index is 0.0527. The van der Waals surface area contributed by atoms with E-state index in [0.29, 0.717) is 18.3 Å². The Morgan fingerprint density at radius 3 is 2.30 bits per heavy atom. The molecule has 0 aliphatic heterocycles. The molecule has 3 rings (SSSR count). The molecular formula is C19H25NO3. The maximum Gasteiger partial charge on any atom is 0.315 e. The summed E-state index contributed by atoms with van der Waals surface area (Å²) in [6.45, 7) is 2.03. The number of hydrogen-bond donors (Lipinski definition) is 2. The van der Waals surface area contributed by atoms with Crippen LogP contribution in [-0.4, -0.2) is 23.5 Å². The fourth-order valence-electron chi connectivity index (χ4n) is 4.28. The first-order valence-corrected chi connectivity index (χ1v) is 8.67. The van der Waals surface area contributed by atoms with Gasteiger partial charge in [-0.25, -0.2) is 0 Å². The lowest BCUT2D eigenvalue weighted by molar-refractivity contribution is -0.144. The highest BCUT2D eigenvalue weighted by atomic mass is 16.4. The Balaban J connectivity index is 1.70. The first-order valence-electron chi connectivity index (χ1n) is 8.67. The number of hydrogen-bond acceptors (Lipinski definition) is 2. The van der Waals surface area contributed by atoms with Gasteiger partial charge in [-0.1, -0.05) is 50.1 Å². The number of carbonyl (C=O) groups excluding carboxylic acids is 1. The Labute approximate surface area is 137 Å². The molecule has 3 atom stereocenters. The minimum Gasteiger partial charge on any atom is -0.481 e. The van der Waals surface area contributed by atoms with Crippen molar-refractivity contribution in [1.29, 1.82) is 0 Å². The second-order valence-corrected chi connectivity index (χ2v) is 6.96. The molecule has 2 N–H and O–H groups in total. The first-order chi connectivity index (χ1) is 11.1. The van der Waals surface area contributed by atoms with Gasteiger partial charge in [-0.15, -0.1) is 0 Å². The quantitative estimate of drug-likeness (QED) is 0.848. The van der Waals surface area contributed by atoms with Gasteiger partial charge in [0, 0.05) is 12.5 Å². The Kier molecular flexibility index (Phi) is 4.42. The molecule has 0 spiro atoms. The number of rotatable bonds is 6. The number of carboxylic acid groups (broad SMARTS) is 1. The molecule has 0 bridgehead atoms. The lowest BCUT2D eigenvalue weighted by Crippen LogP contribution is -2.46. The number of amides is 1. The van der Waals surface area contributed by atoms with E-state index in [1.807, 2.05) is 37.3 Å². The van der Waals surface area contributed by atoms with Gasteiger partial charge in [0.05, 0.1) is 0 Å². The van der Waals surface area contributed by atoms with Crippen LogP contribution in [0.5, 0.6) is 0 Å². The highest BCUT2D eigenvalue weighted by molar-refractivity contribution is 5.85. The Bertz CT molecular complexity index is 574. The molecule has 3 unspecified atom stereocenters. The molecule has 1 amide bonds. The zero-order chi connectivity index (χ0) is 16.4. The maximum absolute atomic E-state index is 12.5.